The second kappa shape index (κ2) is 4.58. The van der Waals surface area contributed by atoms with E-state index in [4.69, 9.17) is 4.74 Å². The summed E-state index contributed by atoms with van der Waals surface area (Å²) in [6.07, 6.45) is 2.08. The predicted octanol–water partition coefficient (Wildman–Crippen LogP) is 1.01. The number of morpholine rings is 1. The van der Waals surface area contributed by atoms with Crippen molar-refractivity contribution in [3.8, 4) is 0 Å². The van der Waals surface area contributed by atoms with Gasteiger partial charge in [-0.2, -0.15) is 0 Å². The summed E-state index contributed by atoms with van der Waals surface area (Å²) in [4.78, 5) is 14.7. The zero-order valence-electron chi connectivity index (χ0n) is 11.2. The standard InChI is InChI=1S/C13H24N2O2/c1-12(2)10-17-8-7-15(12)11(16)13(3)5-4-6-14-9-13/h14H,4-10H2,1-3H3. The number of nitrogens with one attached hydrogen (secondary N) is 1. The third kappa shape index (κ3) is 2.47. The van der Waals surface area contributed by atoms with Crippen LogP contribution in [-0.4, -0.2) is 49.2 Å². The highest BCUT2D eigenvalue weighted by molar-refractivity contribution is 5.83. The monoisotopic (exact) mass is 240 g/mol. The van der Waals surface area contributed by atoms with E-state index in [2.05, 4.69) is 26.1 Å². The van der Waals surface area contributed by atoms with E-state index >= 15 is 0 Å². The molecule has 98 valence electrons. The van der Waals surface area contributed by atoms with Crippen LogP contribution < -0.4 is 5.32 Å². The maximum atomic E-state index is 12.7. The fourth-order valence-corrected chi connectivity index (χ4v) is 2.80. The molecule has 2 saturated heterocycles. The van der Waals surface area contributed by atoms with Crippen LogP contribution in [0.15, 0.2) is 0 Å². The molecule has 0 aromatic rings. The van der Waals surface area contributed by atoms with Gasteiger partial charge >= 0.3 is 0 Å². The number of rotatable bonds is 1. The average molecular weight is 240 g/mol. The Morgan fingerprint density at radius 3 is 2.71 bits per heavy atom. The Bertz CT molecular complexity index is 296. The molecular weight excluding hydrogens is 216 g/mol. The minimum atomic E-state index is -0.229. The molecule has 0 spiro atoms. The van der Waals surface area contributed by atoms with Gasteiger partial charge in [0.15, 0.2) is 0 Å². The van der Waals surface area contributed by atoms with Crippen LogP contribution in [0.5, 0.6) is 0 Å². The van der Waals surface area contributed by atoms with Crippen molar-refractivity contribution in [3.05, 3.63) is 0 Å². The van der Waals surface area contributed by atoms with Crippen LogP contribution in [0.25, 0.3) is 0 Å². The van der Waals surface area contributed by atoms with Crippen molar-refractivity contribution in [1.82, 2.24) is 10.2 Å². The van der Waals surface area contributed by atoms with Gasteiger partial charge in [-0.05, 0) is 40.2 Å². The smallest absolute Gasteiger partial charge is 0.230 e. The summed E-state index contributed by atoms with van der Waals surface area (Å²) in [6.45, 7) is 10.1. The van der Waals surface area contributed by atoms with Crippen LogP contribution >= 0.6 is 0 Å². The molecule has 4 nitrogen and oxygen atoms in total. The second-order valence-corrected chi connectivity index (χ2v) is 6.16. The Kier molecular flexibility index (Phi) is 3.46. The molecule has 1 atom stereocenters. The quantitative estimate of drug-likeness (QED) is 0.744. The highest BCUT2D eigenvalue weighted by Crippen LogP contribution is 2.32. The van der Waals surface area contributed by atoms with E-state index in [0.29, 0.717) is 13.2 Å². The molecule has 4 heteroatoms. The predicted molar refractivity (Wildman–Crippen MR) is 66.8 cm³/mol. The van der Waals surface area contributed by atoms with Crippen molar-refractivity contribution in [3.63, 3.8) is 0 Å². The van der Waals surface area contributed by atoms with Crippen molar-refractivity contribution in [1.29, 1.82) is 0 Å². The van der Waals surface area contributed by atoms with Crippen molar-refractivity contribution >= 4 is 5.91 Å². The van der Waals surface area contributed by atoms with Gasteiger partial charge in [0.25, 0.3) is 0 Å². The minimum absolute atomic E-state index is 0.171. The summed E-state index contributed by atoms with van der Waals surface area (Å²) >= 11 is 0. The highest BCUT2D eigenvalue weighted by Gasteiger charge is 2.43. The summed E-state index contributed by atoms with van der Waals surface area (Å²) in [5.74, 6) is 0.290. The number of carbonyl (C=O) groups is 1. The van der Waals surface area contributed by atoms with E-state index in [1.807, 2.05) is 4.90 Å². The van der Waals surface area contributed by atoms with E-state index in [0.717, 1.165) is 32.5 Å². The van der Waals surface area contributed by atoms with Gasteiger partial charge in [0, 0.05) is 13.1 Å². The van der Waals surface area contributed by atoms with Crippen LogP contribution in [0.2, 0.25) is 0 Å². The maximum Gasteiger partial charge on any atom is 0.230 e. The van der Waals surface area contributed by atoms with Gasteiger partial charge in [0.1, 0.15) is 0 Å². The topological polar surface area (TPSA) is 41.6 Å². The molecule has 2 heterocycles. The largest absolute Gasteiger partial charge is 0.377 e. The normalized spacial score (nSPS) is 33.5. The van der Waals surface area contributed by atoms with E-state index in [-0.39, 0.29) is 16.9 Å². The molecule has 0 aromatic heterocycles. The summed E-state index contributed by atoms with van der Waals surface area (Å²) in [7, 11) is 0. The van der Waals surface area contributed by atoms with Gasteiger partial charge in [-0.3, -0.25) is 4.79 Å². The molecule has 0 radical (unpaired) electrons. The molecule has 1 N–H and O–H groups in total. The summed E-state index contributed by atoms with van der Waals surface area (Å²) in [5, 5.41) is 3.34. The first-order chi connectivity index (χ1) is 7.96. The molecule has 0 bridgehead atoms. The minimum Gasteiger partial charge on any atom is -0.377 e. The molecule has 2 fully saturated rings. The Hall–Kier alpha value is -0.610. The lowest BCUT2D eigenvalue weighted by atomic mass is 9.80. The first-order valence-corrected chi connectivity index (χ1v) is 6.56. The SMILES string of the molecule is CC1(C(=O)N2CCOCC2(C)C)CCCNC1. The van der Waals surface area contributed by atoms with E-state index in [9.17, 15) is 4.79 Å². The van der Waals surface area contributed by atoms with Gasteiger partial charge < -0.3 is 15.0 Å². The van der Waals surface area contributed by atoms with Crippen molar-refractivity contribution in [2.24, 2.45) is 5.41 Å². The molecule has 0 aromatic carbocycles. The summed E-state index contributed by atoms with van der Waals surface area (Å²) < 4.78 is 5.48. The summed E-state index contributed by atoms with van der Waals surface area (Å²) in [6, 6.07) is 0. The first-order valence-electron chi connectivity index (χ1n) is 6.56. The molecule has 0 aliphatic carbocycles. The molecule has 2 aliphatic heterocycles. The molecule has 2 rings (SSSR count). The Balaban J connectivity index is 2.12. The number of hydrogen-bond acceptors (Lipinski definition) is 3. The molecular formula is C13H24N2O2. The van der Waals surface area contributed by atoms with Gasteiger partial charge in [-0.15, -0.1) is 0 Å². The van der Waals surface area contributed by atoms with Crippen LogP contribution in [0.1, 0.15) is 33.6 Å². The highest BCUT2D eigenvalue weighted by atomic mass is 16.5. The van der Waals surface area contributed by atoms with Crippen molar-refractivity contribution < 1.29 is 9.53 Å². The second-order valence-electron chi connectivity index (χ2n) is 6.16. The Morgan fingerprint density at radius 1 is 1.35 bits per heavy atom. The van der Waals surface area contributed by atoms with Crippen molar-refractivity contribution in [2.45, 2.75) is 39.2 Å². The van der Waals surface area contributed by atoms with Gasteiger partial charge in [-0.1, -0.05) is 0 Å². The van der Waals surface area contributed by atoms with Crippen LogP contribution in [0.4, 0.5) is 0 Å². The molecule has 1 unspecified atom stereocenters. The first kappa shape index (κ1) is 12.8. The van der Waals surface area contributed by atoms with E-state index in [1.165, 1.54) is 0 Å². The molecule has 2 aliphatic rings. The molecule has 17 heavy (non-hydrogen) atoms. The lowest BCUT2D eigenvalue weighted by molar-refractivity contribution is -0.157. The number of nitrogens with zero attached hydrogens (tertiary/aromatic N) is 1. The van der Waals surface area contributed by atoms with Crippen LogP contribution in [-0.2, 0) is 9.53 Å². The van der Waals surface area contributed by atoms with E-state index in [1.54, 1.807) is 0 Å². The third-order valence-electron chi connectivity index (χ3n) is 4.00. The number of amides is 1. The summed E-state index contributed by atoms with van der Waals surface area (Å²) in [5.41, 5.74) is -0.400. The van der Waals surface area contributed by atoms with Gasteiger partial charge in [0.05, 0.1) is 24.2 Å². The zero-order valence-corrected chi connectivity index (χ0v) is 11.2. The van der Waals surface area contributed by atoms with Crippen LogP contribution in [0, 0.1) is 5.41 Å². The average Bonchev–Trinajstić information content (AvgIpc) is 2.28. The third-order valence-corrected chi connectivity index (χ3v) is 4.00. The zero-order chi connectivity index (χ0) is 12.5. The number of carbonyl (C=O) groups excluding carboxylic acids is 1. The van der Waals surface area contributed by atoms with E-state index < -0.39 is 0 Å². The van der Waals surface area contributed by atoms with Crippen LogP contribution in [0.3, 0.4) is 0 Å². The molecule has 1 amide bonds. The maximum absolute atomic E-state index is 12.7. The fourth-order valence-electron chi connectivity index (χ4n) is 2.80. The fraction of sp³-hybridized carbons (Fsp3) is 0.923. The molecule has 0 saturated carbocycles. The van der Waals surface area contributed by atoms with Gasteiger partial charge in [0.2, 0.25) is 5.91 Å². The number of ether oxygens (including phenoxy) is 1. The van der Waals surface area contributed by atoms with Crippen molar-refractivity contribution in [2.75, 3.05) is 32.8 Å². The number of hydrogen-bond donors (Lipinski definition) is 1. The Morgan fingerprint density at radius 2 is 2.12 bits per heavy atom. The lowest BCUT2D eigenvalue weighted by Gasteiger charge is -2.47. The van der Waals surface area contributed by atoms with Gasteiger partial charge in [-0.25, -0.2) is 0 Å². The lowest BCUT2D eigenvalue weighted by Crippen LogP contribution is -2.61. The Labute approximate surface area is 104 Å². The number of piperidine rings is 1.